The van der Waals surface area contributed by atoms with E-state index >= 15 is 0 Å². The maximum absolute atomic E-state index is 14.1. The fraction of sp³-hybridized carbons (Fsp3) is 0.349. The fourth-order valence-electron chi connectivity index (χ4n) is 17.7. The van der Waals surface area contributed by atoms with Crippen LogP contribution in [0.5, 0.6) is 11.5 Å². The van der Waals surface area contributed by atoms with Crippen LogP contribution in [0.4, 0.5) is 19.2 Å². The summed E-state index contributed by atoms with van der Waals surface area (Å²) in [7, 11) is 8.03. The Kier molecular flexibility index (Phi) is 33.0. The van der Waals surface area contributed by atoms with Crippen molar-refractivity contribution in [1.82, 2.24) is 75.4 Å². The second kappa shape index (κ2) is 44.9. The second-order valence-electron chi connectivity index (χ2n) is 35.8. The number of nitrogens with one attached hydrogen (secondary N) is 7. The van der Waals surface area contributed by atoms with Crippen LogP contribution in [0, 0.1) is 11.8 Å². The number of imidazole rings is 4. The number of benzene rings is 8. The molecule has 16 rings (SSSR count). The number of aliphatic carboxylic acids is 1. The molecule has 0 aliphatic carbocycles. The normalized spacial score (nSPS) is 16.5. The molecule has 32 heteroatoms. The van der Waals surface area contributed by atoms with Crippen molar-refractivity contribution in [3.63, 3.8) is 0 Å². The standard InChI is InChI=1S/C49H52N8O7.C43H49N7O5.C12H14O5.2CH4/c1-28(2)42(54-48(60)63-5)46(58)57-27-29(3)22-40(57)45-51-26-38(53-45)35-20-19-33-23-32(17-18-34(33)24-35)30-13-15-31(16-14-30)37-25-50-44(52-37)39-11-9-21-56(39)47(59)43(55-49(61)64-6)36-10-7-8-12-41(36)62-4;1-25(2)37(48-41(52)54-7)40(51)50-24-26(3)19-36(50)39-45-23-34(47-39)32-17-16-30-20-29(14-15-31(30)21-32)27-10-12-28(13-11-27)33-22-44-38(46-33)35-9-8-18-49(35)42(53)55-43(4,5)6;1-16-10-6-4-3-5-8(10)9(12(14)15)7-11(13)17-2;;/h7-8,10,12-20,23-26,28,39-40,42-43H,3,9,11,21-22,27H2,1-2,4-6H3,(H,50,52)(H,51,53)(H,54,60)(H,55,61);10-17,20-23,25,35-37H,3,8-9,18-19,24H2,1-2,4-7H3,(H,44,46)(H,45,47)(H,48,52);3-6,9H,7H2,1-2H3,(H,14,15);2*1H4/t39-,40-,42-,43+;35-,36-,37-;9-;;/m001../s1. The van der Waals surface area contributed by atoms with Gasteiger partial charge >= 0.3 is 36.3 Å². The molecule has 12 aromatic rings. The first-order valence-corrected chi connectivity index (χ1v) is 45.2. The zero-order chi connectivity index (χ0) is 96.9. The Morgan fingerprint density at radius 3 is 1.17 bits per heavy atom. The van der Waals surface area contributed by atoms with Crippen molar-refractivity contribution >= 4 is 75.6 Å². The van der Waals surface area contributed by atoms with Gasteiger partial charge in [-0.1, -0.05) is 200 Å². The number of methoxy groups -OCH3 is 6. The number of esters is 1. The number of alkyl carbamates (subject to hydrolysis) is 3. The lowest BCUT2D eigenvalue weighted by Gasteiger charge is -2.29. The molecule has 8 heterocycles. The molecule has 4 fully saturated rings. The summed E-state index contributed by atoms with van der Waals surface area (Å²) in [6, 6.07) is 52.3. The molecule has 0 bridgehead atoms. The maximum Gasteiger partial charge on any atom is 0.410 e. The number of para-hydroxylation sites is 2. The number of rotatable bonds is 25. The minimum Gasteiger partial charge on any atom is -0.496 e. The Labute approximate surface area is 803 Å². The Morgan fingerprint density at radius 1 is 0.428 bits per heavy atom. The number of likely N-dealkylation sites (tertiary alicyclic amines) is 4. The van der Waals surface area contributed by atoms with Gasteiger partial charge in [0.2, 0.25) is 11.8 Å². The van der Waals surface area contributed by atoms with E-state index in [-0.39, 0.29) is 81.1 Å². The van der Waals surface area contributed by atoms with Gasteiger partial charge in [-0.15, -0.1) is 0 Å². The molecule has 32 nitrogen and oxygen atoms in total. The number of aromatic amines is 4. The molecule has 0 radical (unpaired) electrons. The van der Waals surface area contributed by atoms with E-state index in [1.54, 1.807) is 80.7 Å². The van der Waals surface area contributed by atoms with E-state index in [2.05, 4.69) is 180 Å². The smallest absolute Gasteiger partial charge is 0.410 e. The van der Waals surface area contributed by atoms with Crippen LogP contribution in [0.15, 0.2) is 219 Å². The molecular formula is C106H123N15O17. The van der Waals surface area contributed by atoms with Gasteiger partial charge < -0.3 is 88.9 Å². The minimum atomic E-state index is -1.08. The number of carboxylic acids is 1. The highest BCUT2D eigenvalue weighted by atomic mass is 16.6. The molecule has 0 unspecified atom stereocenters. The number of aromatic nitrogens is 8. The van der Waals surface area contributed by atoms with Crippen molar-refractivity contribution in [2.45, 2.75) is 162 Å². The fourth-order valence-corrected chi connectivity index (χ4v) is 17.7. The monoisotopic (exact) mass is 1880 g/mol. The van der Waals surface area contributed by atoms with Gasteiger partial charge in [-0.05, 0) is 162 Å². The van der Waals surface area contributed by atoms with Gasteiger partial charge in [0, 0.05) is 48.4 Å². The number of amides is 7. The van der Waals surface area contributed by atoms with Crippen molar-refractivity contribution in [2.24, 2.45) is 11.8 Å². The van der Waals surface area contributed by atoms with Crippen LogP contribution >= 0.6 is 0 Å². The van der Waals surface area contributed by atoms with Crippen molar-refractivity contribution in [3.8, 4) is 78.8 Å². The van der Waals surface area contributed by atoms with Gasteiger partial charge in [0.1, 0.15) is 58.5 Å². The number of H-pyrrole nitrogens is 4. The molecule has 0 spiro atoms. The number of carboxylic acid groups (broad SMARTS) is 1. The number of fused-ring (bicyclic) bond motifs is 2. The van der Waals surface area contributed by atoms with Crippen LogP contribution < -0.4 is 25.4 Å². The predicted octanol–water partition coefficient (Wildman–Crippen LogP) is 19.5. The van der Waals surface area contributed by atoms with Crippen molar-refractivity contribution < 1.29 is 81.4 Å². The lowest BCUT2D eigenvalue weighted by atomic mass is 9.95. The molecule has 8 atom stereocenters. The summed E-state index contributed by atoms with van der Waals surface area (Å²) in [4.78, 5) is 153. The average molecular weight is 1880 g/mol. The summed E-state index contributed by atoms with van der Waals surface area (Å²) in [6.45, 7) is 23.4. The SMILES string of the molecule is C.C.C=C1C[C@@H](c2ncc(-c3ccc4cc(-c5ccc(-c6cnc([C@@H]7CCCN7C(=O)OC(C)(C)C)[nH]6)cc5)ccc4c3)[nH]2)N(C(=O)[C@@H](NC(=O)OC)C(C)C)C1.C=C1C[C@@H](c2ncc(-c3ccc4cc(-c5ccc(-c6cnc([C@@H]7CCCN7C(=O)[C@H](NC(=O)OC)c7ccccc7OC)[nH]6)cc5)ccc4c3)[nH]2)N(C(=O)[C@@H](NC(=O)OC)C(C)C)C1.COC(=O)C[C@@H](C(=O)O)c1ccccc1OC. The first kappa shape index (κ1) is 102. The van der Waals surface area contributed by atoms with E-state index in [0.717, 1.165) is 131 Å². The number of carbonyl (C=O) groups excluding carboxylic acids is 8. The predicted molar refractivity (Wildman–Crippen MR) is 527 cm³/mol. The summed E-state index contributed by atoms with van der Waals surface area (Å²) < 4.78 is 35.1. The van der Waals surface area contributed by atoms with Crippen LogP contribution in [0.25, 0.3) is 88.8 Å². The number of carbonyl (C=O) groups is 9. The van der Waals surface area contributed by atoms with Gasteiger partial charge in [0.15, 0.2) is 0 Å². The van der Waals surface area contributed by atoms with Crippen LogP contribution in [-0.4, -0.2) is 205 Å². The Balaban J connectivity index is 0.000000210. The molecule has 4 aliphatic heterocycles. The Hall–Kier alpha value is -15.4. The first-order valence-electron chi connectivity index (χ1n) is 45.2. The molecule has 7 amide bonds. The molecule has 0 saturated carbocycles. The topological polar surface area (TPSA) is 402 Å². The molecule has 4 aromatic heterocycles. The Bertz CT molecular complexity index is 6410. The third kappa shape index (κ3) is 23.4. The number of ether oxygens (including phenoxy) is 7. The van der Waals surface area contributed by atoms with Crippen LogP contribution in [-0.2, 0) is 47.7 Å². The summed E-state index contributed by atoms with van der Waals surface area (Å²) in [5.41, 5.74) is 13.9. The molecule has 8 aromatic carbocycles. The van der Waals surface area contributed by atoms with Crippen molar-refractivity contribution in [1.29, 1.82) is 0 Å². The van der Waals surface area contributed by atoms with Crippen LogP contribution in [0.2, 0.25) is 0 Å². The number of nitrogens with zero attached hydrogens (tertiary/aromatic N) is 8. The van der Waals surface area contributed by atoms with E-state index in [4.69, 9.17) is 48.5 Å². The Morgan fingerprint density at radius 2 is 0.775 bits per heavy atom. The van der Waals surface area contributed by atoms with Crippen LogP contribution in [0.3, 0.4) is 0 Å². The largest absolute Gasteiger partial charge is 0.496 e. The van der Waals surface area contributed by atoms with E-state index in [1.165, 1.54) is 42.7 Å². The van der Waals surface area contributed by atoms with Gasteiger partial charge in [-0.25, -0.2) is 39.1 Å². The molecule has 4 aliphatic rings. The highest BCUT2D eigenvalue weighted by molar-refractivity contribution is 5.94. The highest BCUT2D eigenvalue weighted by Gasteiger charge is 2.43. The highest BCUT2D eigenvalue weighted by Crippen LogP contribution is 2.43. The zero-order valence-corrected chi connectivity index (χ0v) is 78.5. The third-order valence-electron chi connectivity index (χ3n) is 24.8. The lowest BCUT2D eigenvalue weighted by molar-refractivity contribution is -0.147. The molecule has 138 heavy (non-hydrogen) atoms. The van der Waals surface area contributed by atoms with E-state index in [9.17, 15) is 43.2 Å². The van der Waals surface area contributed by atoms with Gasteiger partial charge in [0.25, 0.3) is 5.91 Å². The molecular weight excluding hydrogens is 1760 g/mol. The van der Waals surface area contributed by atoms with Crippen LogP contribution in [0.1, 0.15) is 179 Å². The summed E-state index contributed by atoms with van der Waals surface area (Å²) in [5, 5.41) is 21.6. The van der Waals surface area contributed by atoms with Gasteiger partial charge in [0.05, 0.1) is 127 Å². The second-order valence-corrected chi connectivity index (χ2v) is 35.8. The zero-order valence-electron chi connectivity index (χ0n) is 78.5. The third-order valence-corrected chi connectivity index (χ3v) is 24.8. The maximum atomic E-state index is 14.1. The first-order chi connectivity index (χ1) is 65.3. The molecule has 724 valence electrons. The quantitative estimate of drug-likeness (QED) is 0.0150. The van der Waals surface area contributed by atoms with Crippen molar-refractivity contribution in [2.75, 3.05) is 68.8 Å². The van der Waals surface area contributed by atoms with Crippen molar-refractivity contribution in [3.05, 3.63) is 253 Å². The molecule has 4 saturated heterocycles. The van der Waals surface area contributed by atoms with E-state index in [0.29, 0.717) is 79.1 Å². The number of hydrogen-bond donors (Lipinski definition) is 8. The number of hydrogen-bond acceptors (Lipinski definition) is 20. The summed E-state index contributed by atoms with van der Waals surface area (Å²) in [5.74, 6) is 0.146. The average Bonchev–Trinajstić information content (AvgIpc) is 1.63. The molecule has 8 N–H and O–H groups in total. The van der Waals surface area contributed by atoms with E-state index < -0.39 is 59.9 Å². The van der Waals surface area contributed by atoms with Gasteiger partial charge in [-0.2, -0.15) is 0 Å². The van der Waals surface area contributed by atoms with E-state index in [1.807, 2.05) is 60.7 Å². The summed E-state index contributed by atoms with van der Waals surface area (Å²) >= 11 is 0. The lowest BCUT2D eigenvalue weighted by Crippen LogP contribution is -2.51. The van der Waals surface area contributed by atoms with Gasteiger partial charge in [-0.3, -0.25) is 28.9 Å². The minimum absolute atomic E-state index is 0. The summed E-state index contributed by atoms with van der Waals surface area (Å²) in [6.07, 6.45) is 9.09.